The van der Waals surface area contributed by atoms with Crippen LogP contribution in [0.4, 0.5) is 4.39 Å². The molecule has 1 aromatic rings. The topological polar surface area (TPSA) is 23.8 Å². The van der Waals surface area contributed by atoms with E-state index in [0.29, 0.717) is 33.3 Å². The van der Waals surface area contributed by atoms with Gasteiger partial charge in [0, 0.05) is 0 Å². The molecule has 0 amide bonds. The number of hydrogen-bond donors (Lipinski definition) is 0. The summed E-state index contributed by atoms with van der Waals surface area (Å²) in [5.74, 6) is -0.354. The Balaban J connectivity index is 3.31. The van der Waals surface area contributed by atoms with Gasteiger partial charge in [-0.1, -0.05) is 0 Å². The van der Waals surface area contributed by atoms with Crippen molar-refractivity contribution in [3.63, 3.8) is 0 Å². The van der Waals surface area contributed by atoms with Crippen molar-refractivity contribution < 1.29 is 35.3 Å². The number of nitriles is 1. The molecule has 0 aliphatic carbocycles. The number of hydrogen-bond acceptors (Lipinski definition) is 1. The van der Waals surface area contributed by atoms with Crippen LogP contribution in [-0.4, -0.2) is 0 Å². The third-order valence-corrected chi connectivity index (χ3v) is 2.25. The fraction of sp³-hybridized carbons (Fsp3) is 0. The maximum absolute atomic E-state index is 12.8. The van der Waals surface area contributed by atoms with Gasteiger partial charge in [-0.15, -0.1) is 0 Å². The van der Waals surface area contributed by atoms with Crippen molar-refractivity contribution in [1.82, 2.24) is 0 Å². The summed E-state index contributed by atoms with van der Waals surface area (Å²) in [6, 6.07) is 6.65. The van der Waals surface area contributed by atoms with Crippen LogP contribution >= 0.6 is 0 Å². The standard InChI is InChI=1S/C7H3FN.Y/c8-7-4-2-1-3-6(7)5-9;/h1-3H;. The molecule has 0 saturated carbocycles. The summed E-state index contributed by atoms with van der Waals surface area (Å²) in [7, 11) is 0. The Morgan fingerprint density at radius 3 is 2.70 bits per heavy atom. The fourth-order valence-corrected chi connectivity index (χ4v) is 1.29. The van der Waals surface area contributed by atoms with Crippen LogP contribution in [0.15, 0.2) is 18.2 Å². The minimum atomic E-state index is -0.354. The molecular formula is C7H3FNY. The molecule has 0 fully saturated rings. The van der Waals surface area contributed by atoms with E-state index >= 15 is 0 Å². The Hall–Kier alpha value is -0.256. The van der Waals surface area contributed by atoms with E-state index in [9.17, 15) is 4.39 Å². The van der Waals surface area contributed by atoms with Crippen LogP contribution in [0, 0.1) is 17.1 Å². The van der Waals surface area contributed by atoms with Crippen molar-refractivity contribution in [1.29, 1.82) is 5.26 Å². The molecule has 0 aromatic heterocycles. The van der Waals surface area contributed by atoms with Gasteiger partial charge < -0.3 is 0 Å². The van der Waals surface area contributed by atoms with Gasteiger partial charge in [-0.05, 0) is 0 Å². The second-order valence-electron chi connectivity index (χ2n) is 1.82. The van der Waals surface area contributed by atoms with E-state index < -0.39 is 0 Å². The van der Waals surface area contributed by atoms with E-state index in [1.54, 1.807) is 18.2 Å². The number of nitrogens with zero attached hydrogens (tertiary/aromatic N) is 1. The molecule has 0 aliphatic heterocycles. The summed E-state index contributed by atoms with van der Waals surface area (Å²) < 4.78 is 13.5. The van der Waals surface area contributed by atoms with E-state index in [1.165, 1.54) is 6.07 Å². The van der Waals surface area contributed by atoms with Crippen molar-refractivity contribution in [2.75, 3.05) is 0 Å². The summed E-state index contributed by atoms with van der Waals surface area (Å²) in [5, 5.41) is 8.37. The van der Waals surface area contributed by atoms with Crippen LogP contribution in [0.2, 0.25) is 0 Å². The second-order valence-corrected chi connectivity index (χ2v) is 3.35. The Kier molecular flexibility index (Phi) is 2.53. The van der Waals surface area contributed by atoms with Crippen molar-refractivity contribution in [2.45, 2.75) is 0 Å². The predicted molar refractivity (Wildman–Crippen MR) is 30.7 cm³/mol. The molecule has 46 valence electrons. The van der Waals surface area contributed by atoms with Crippen LogP contribution in [0.3, 0.4) is 0 Å². The molecule has 0 aliphatic rings. The number of rotatable bonds is 0. The normalized spacial score (nSPS) is 8.70. The van der Waals surface area contributed by atoms with Gasteiger partial charge in [-0.3, -0.25) is 0 Å². The summed E-state index contributed by atoms with van der Waals surface area (Å²) >= 11 is 0.716. The molecule has 0 atom stereocenters. The molecule has 1 rings (SSSR count). The second kappa shape index (κ2) is 3.23. The van der Waals surface area contributed by atoms with E-state index in [1.807, 2.05) is 0 Å². The van der Waals surface area contributed by atoms with Gasteiger partial charge in [-0.25, -0.2) is 0 Å². The SMILES string of the molecule is N#Cc1ccc[c]([Y])c1F. The zero-order valence-corrected chi connectivity index (χ0v) is 7.97. The third-order valence-electron chi connectivity index (χ3n) is 1.15. The first-order valence-corrected chi connectivity index (χ1v) is 4.11. The van der Waals surface area contributed by atoms with Gasteiger partial charge in [0.1, 0.15) is 0 Å². The summed E-state index contributed by atoms with van der Waals surface area (Å²) in [6.45, 7) is 0. The molecule has 0 saturated heterocycles. The van der Waals surface area contributed by atoms with Crippen molar-refractivity contribution in [2.24, 2.45) is 0 Å². The Labute approximate surface area is 78.3 Å². The van der Waals surface area contributed by atoms with Gasteiger partial charge >= 0.3 is 78.6 Å². The van der Waals surface area contributed by atoms with E-state index in [2.05, 4.69) is 0 Å². The average Bonchev–Trinajstić information content (AvgIpc) is 1.95. The summed E-state index contributed by atoms with van der Waals surface area (Å²) in [4.78, 5) is 0. The molecule has 0 N–H and O–H groups in total. The molecule has 0 spiro atoms. The Morgan fingerprint density at radius 1 is 1.50 bits per heavy atom. The quantitative estimate of drug-likeness (QED) is 0.621. The predicted octanol–water partition coefficient (Wildman–Crippen LogP) is 0.869. The Bertz CT molecular complexity index is 290. The van der Waals surface area contributed by atoms with Gasteiger partial charge in [0.2, 0.25) is 0 Å². The summed E-state index contributed by atoms with van der Waals surface area (Å²) in [6.07, 6.45) is 0. The maximum atomic E-state index is 12.8. The molecule has 3 heteroatoms. The van der Waals surface area contributed by atoms with Crippen molar-refractivity contribution in [3.05, 3.63) is 29.6 Å². The molecule has 0 heterocycles. The zero-order chi connectivity index (χ0) is 7.56. The zero-order valence-electron chi connectivity index (χ0n) is 5.13. The van der Waals surface area contributed by atoms with Crippen LogP contribution < -0.4 is 2.37 Å². The molecule has 1 aromatic carbocycles. The fourth-order valence-electron chi connectivity index (χ4n) is 0.636. The minimum absolute atomic E-state index is 0.144. The van der Waals surface area contributed by atoms with E-state index in [-0.39, 0.29) is 11.4 Å². The molecule has 1 nitrogen and oxygen atoms in total. The van der Waals surface area contributed by atoms with Crippen molar-refractivity contribution in [3.8, 4) is 6.07 Å². The average molecular weight is 209 g/mol. The van der Waals surface area contributed by atoms with E-state index in [0.717, 1.165) is 0 Å². The third kappa shape index (κ3) is 1.42. The van der Waals surface area contributed by atoms with Gasteiger partial charge in [-0.2, -0.15) is 0 Å². The van der Waals surface area contributed by atoms with Crippen LogP contribution in [-0.2, 0) is 31.0 Å². The van der Waals surface area contributed by atoms with Gasteiger partial charge in [0.15, 0.2) is 0 Å². The first-order valence-electron chi connectivity index (χ1n) is 2.70. The van der Waals surface area contributed by atoms with Crippen LogP contribution in [0.5, 0.6) is 0 Å². The summed E-state index contributed by atoms with van der Waals surface area (Å²) in [5.41, 5.74) is 0.144. The van der Waals surface area contributed by atoms with E-state index in [4.69, 9.17) is 5.26 Å². The molecule has 10 heavy (non-hydrogen) atoms. The molecular weight excluding hydrogens is 206 g/mol. The molecule has 0 unspecified atom stereocenters. The first kappa shape index (κ1) is 7.85. The number of halogens is 1. The van der Waals surface area contributed by atoms with Gasteiger partial charge in [0.25, 0.3) is 0 Å². The Morgan fingerprint density at radius 2 is 2.20 bits per heavy atom. The van der Waals surface area contributed by atoms with Crippen molar-refractivity contribution >= 4 is 2.37 Å². The molecule has 0 radical (unpaired) electrons. The van der Waals surface area contributed by atoms with Crippen LogP contribution in [0.1, 0.15) is 5.56 Å². The van der Waals surface area contributed by atoms with Gasteiger partial charge in [0.05, 0.1) is 0 Å². The van der Waals surface area contributed by atoms with Crippen LogP contribution in [0.25, 0.3) is 0 Å². The molecule has 0 bridgehead atoms. The number of benzene rings is 1. The first-order chi connectivity index (χ1) is 4.75. The monoisotopic (exact) mass is 209 g/mol.